The normalized spacial score (nSPS) is 11.0. The van der Waals surface area contributed by atoms with E-state index in [2.05, 4.69) is 20.7 Å². The summed E-state index contributed by atoms with van der Waals surface area (Å²) in [6, 6.07) is 0. The lowest BCUT2D eigenvalue weighted by atomic mass is 10.2. The highest BCUT2D eigenvalue weighted by atomic mass is 16.6. The predicted molar refractivity (Wildman–Crippen MR) is 76.3 cm³/mol. The first kappa shape index (κ1) is 16.7. The van der Waals surface area contributed by atoms with E-state index in [0.29, 0.717) is 19.5 Å². The number of nitrogens with one attached hydrogen (secondary N) is 2. The molecule has 1 aromatic rings. The minimum atomic E-state index is -0.516. The second-order valence-electron chi connectivity index (χ2n) is 5.43. The predicted octanol–water partition coefficient (Wildman–Crippen LogP) is -0.109. The van der Waals surface area contributed by atoms with Gasteiger partial charge in [-0.15, -0.1) is 5.10 Å². The Morgan fingerprint density at radius 2 is 2.00 bits per heavy atom. The molecule has 0 saturated heterocycles. The third-order valence-electron chi connectivity index (χ3n) is 2.20. The van der Waals surface area contributed by atoms with Gasteiger partial charge in [0.1, 0.15) is 18.5 Å². The van der Waals surface area contributed by atoms with E-state index in [1.54, 1.807) is 20.8 Å². The molecule has 0 aromatic carbocycles. The zero-order chi connectivity index (χ0) is 15.9. The maximum atomic E-state index is 11.6. The topological polar surface area (TPSA) is 124 Å². The molecule has 1 rings (SSSR count). The fraction of sp³-hybridized carbons (Fsp3) is 0.667. The minimum absolute atomic E-state index is 0.0592. The summed E-state index contributed by atoms with van der Waals surface area (Å²) in [5.74, 6) is -0.0680. The molecule has 0 atom stereocenters. The van der Waals surface area contributed by atoms with E-state index in [1.807, 2.05) is 0 Å². The molecule has 118 valence electrons. The van der Waals surface area contributed by atoms with Crippen LogP contribution in [-0.4, -0.2) is 45.5 Å². The van der Waals surface area contributed by atoms with Crippen LogP contribution in [0.25, 0.3) is 0 Å². The van der Waals surface area contributed by atoms with Gasteiger partial charge in [-0.1, -0.05) is 0 Å². The van der Waals surface area contributed by atoms with Gasteiger partial charge in [-0.2, -0.15) is 0 Å². The number of carbonyl (C=O) groups is 2. The first-order valence-electron chi connectivity index (χ1n) is 6.65. The number of anilines is 1. The van der Waals surface area contributed by atoms with Crippen LogP contribution in [0.15, 0.2) is 6.33 Å². The molecule has 0 fully saturated rings. The molecular weight excluding hydrogens is 276 g/mol. The summed E-state index contributed by atoms with van der Waals surface area (Å²) >= 11 is 0. The Kier molecular flexibility index (Phi) is 5.94. The third kappa shape index (κ3) is 7.75. The van der Waals surface area contributed by atoms with Crippen molar-refractivity contribution in [3.8, 4) is 0 Å². The van der Waals surface area contributed by atoms with Crippen molar-refractivity contribution in [3.63, 3.8) is 0 Å². The van der Waals surface area contributed by atoms with Crippen LogP contribution in [0, 0.1) is 0 Å². The van der Waals surface area contributed by atoms with Crippen molar-refractivity contribution >= 4 is 17.9 Å². The second-order valence-corrected chi connectivity index (χ2v) is 5.43. The molecule has 1 aromatic heterocycles. The van der Waals surface area contributed by atoms with Gasteiger partial charge in [0.2, 0.25) is 11.9 Å². The van der Waals surface area contributed by atoms with E-state index < -0.39 is 11.7 Å². The number of ether oxygens (including phenoxy) is 1. The Balaban J connectivity index is 2.08. The van der Waals surface area contributed by atoms with E-state index in [9.17, 15) is 9.59 Å². The molecule has 0 bridgehead atoms. The molecule has 0 aliphatic carbocycles. The van der Waals surface area contributed by atoms with Gasteiger partial charge in [-0.25, -0.2) is 14.5 Å². The largest absolute Gasteiger partial charge is 0.444 e. The molecule has 0 radical (unpaired) electrons. The van der Waals surface area contributed by atoms with Crippen LogP contribution in [0.4, 0.5) is 10.7 Å². The highest BCUT2D eigenvalue weighted by Gasteiger charge is 2.15. The molecule has 0 spiro atoms. The van der Waals surface area contributed by atoms with E-state index in [-0.39, 0.29) is 18.4 Å². The van der Waals surface area contributed by atoms with Crippen molar-refractivity contribution in [3.05, 3.63) is 6.33 Å². The third-order valence-corrected chi connectivity index (χ3v) is 2.20. The Hall–Kier alpha value is -2.32. The van der Waals surface area contributed by atoms with Crippen LogP contribution < -0.4 is 16.4 Å². The number of alkyl carbamates (subject to hydrolysis) is 1. The van der Waals surface area contributed by atoms with Gasteiger partial charge >= 0.3 is 6.09 Å². The molecule has 0 aliphatic rings. The zero-order valence-corrected chi connectivity index (χ0v) is 12.5. The standard InChI is InChI=1S/C12H22N6O3/c1-12(2,3)21-11(20)15-6-4-5-14-9(19)7-18-8-16-10(13)17-18/h8H,4-7H2,1-3H3,(H2,13,17)(H,14,19)(H,15,20). The summed E-state index contributed by atoms with van der Waals surface area (Å²) in [5.41, 5.74) is 4.82. The van der Waals surface area contributed by atoms with Crippen LogP contribution in [-0.2, 0) is 16.1 Å². The first-order chi connectivity index (χ1) is 9.76. The Morgan fingerprint density at radius 3 is 2.57 bits per heavy atom. The molecule has 0 saturated carbocycles. The number of amides is 2. The Morgan fingerprint density at radius 1 is 1.33 bits per heavy atom. The summed E-state index contributed by atoms with van der Waals surface area (Å²) in [5, 5.41) is 9.11. The van der Waals surface area contributed by atoms with Gasteiger partial charge in [-0.3, -0.25) is 4.79 Å². The van der Waals surface area contributed by atoms with E-state index in [0.717, 1.165) is 0 Å². The lowest BCUT2D eigenvalue weighted by Gasteiger charge is -2.19. The van der Waals surface area contributed by atoms with E-state index in [4.69, 9.17) is 10.5 Å². The number of rotatable bonds is 6. The molecule has 9 nitrogen and oxygen atoms in total. The van der Waals surface area contributed by atoms with Crippen LogP contribution in [0.2, 0.25) is 0 Å². The molecule has 0 aliphatic heterocycles. The summed E-state index contributed by atoms with van der Waals surface area (Å²) in [6.45, 7) is 6.31. The van der Waals surface area contributed by atoms with Crippen molar-refractivity contribution in [2.75, 3.05) is 18.8 Å². The van der Waals surface area contributed by atoms with E-state index in [1.165, 1.54) is 11.0 Å². The van der Waals surface area contributed by atoms with Crippen LogP contribution in [0.5, 0.6) is 0 Å². The molecule has 2 amide bonds. The number of aromatic nitrogens is 3. The quantitative estimate of drug-likeness (QED) is 0.629. The van der Waals surface area contributed by atoms with Crippen LogP contribution >= 0.6 is 0 Å². The molecule has 4 N–H and O–H groups in total. The molecule has 21 heavy (non-hydrogen) atoms. The number of carbonyl (C=O) groups excluding carboxylic acids is 2. The molecule has 0 unspecified atom stereocenters. The maximum absolute atomic E-state index is 11.6. The van der Waals surface area contributed by atoms with Crippen molar-refractivity contribution in [1.82, 2.24) is 25.4 Å². The SMILES string of the molecule is CC(C)(C)OC(=O)NCCCNC(=O)Cn1cnc(N)n1. The lowest BCUT2D eigenvalue weighted by Crippen LogP contribution is -2.35. The minimum Gasteiger partial charge on any atom is -0.444 e. The van der Waals surface area contributed by atoms with Crippen molar-refractivity contribution in [1.29, 1.82) is 0 Å². The van der Waals surface area contributed by atoms with Crippen molar-refractivity contribution < 1.29 is 14.3 Å². The summed E-state index contributed by atoms with van der Waals surface area (Å²) in [6.07, 6.45) is 1.52. The van der Waals surface area contributed by atoms with Crippen LogP contribution in [0.1, 0.15) is 27.2 Å². The highest BCUT2D eigenvalue weighted by molar-refractivity contribution is 5.75. The Labute approximate surface area is 123 Å². The van der Waals surface area contributed by atoms with Gasteiger partial charge in [-0.05, 0) is 27.2 Å². The molecular formula is C12H22N6O3. The first-order valence-corrected chi connectivity index (χ1v) is 6.65. The van der Waals surface area contributed by atoms with Crippen molar-refractivity contribution in [2.24, 2.45) is 0 Å². The maximum Gasteiger partial charge on any atom is 0.407 e. The monoisotopic (exact) mass is 298 g/mol. The average Bonchev–Trinajstić information content (AvgIpc) is 2.71. The van der Waals surface area contributed by atoms with Gasteiger partial charge in [0.15, 0.2) is 0 Å². The van der Waals surface area contributed by atoms with Gasteiger partial charge in [0, 0.05) is 13.1 Å². The summed E-state index contributed by atoms with van der Waals surface area (Å²) in [4.78, 5) is 26.6. The summed E-state index contributed by atoms with van der Waals surface area (Å²) in [7, 11) is 0. The van der Waals surface area contributed by atoms with Gasteiger partial charge in [0.25, 0.3) is 0 Å². The zero-order valence-electron chi connectivity index (χ0n) is 12.5. The summed E-state index contributed by atoms with van der Waals surface area (Å²) < 4.78 is 6.43. The Bertz CT molecular complexity index is 480. The van der Waals surface area contributed by atoms with Crippen molar-refractivity contribution in [2.45, 2.75) is 39.3 Å². The molecule has 1 heterocycles. The smallest absolute Gasteiger partial charge is 0.407 e. The molecule has 9 heteroatoms. The fourth-order valence-corrected chi connectivity index (χ4v) is 1.41. The number of hydrogen-bond donors (Lipinski definition) is 3. The van der Waals surface area contributed by atoms with Crippen LogP contribution in [0.3, 0.4) is 0 Å². The number of nitrogen functional groups attached to an aromatic ring is 1. The van der Waals surface area contributed by atoms with E-state index >= 15 is 0 Å². The number of nitrogens with zero attached hydrogens (tertiary/aromatic N) is 3. The van der Waals surface area contributed by atoms with Gasteiger partial charge < -0.3 is 21.1 Å². The fourth-order valence-electron chi connectivity index (χ4n) is 1.41. The number of nitrogens with two attached hydrogens (primary N) is 1. The number of hydrogen-bond acceptors (Lipinski definition) is 6. The average molecular weight is 298 g/mol. The lowest BCUT2D eigenvalue weighted by molar-refractivity contribution is -0.121. The second kappa shape index (κ2) is 7.46. The van der Waals surface area contributed by atoms with Gasteiger partial charge in [0.05, 0.1) is 0 Å². The highest BCUT2D eigenvalue weighted by Crippen LogP contribution is 2.06.